The zero-order valence-electron chi connectivity index (χ0n) is 7.16. The molecule has 0 unspecified atom stereocenters. The molecule has 1 aromatic rings. The first-order valence-corrected chi connectivity index (χ1v) is 6.28. The van der Waals surface area contributed by atoms with Crippen LogP contribution in [0.15, 0.2) is 10.6 Å². The maximum absolute atomic E-state index is 10.9. The molecule has 1 heterocycles. The van der Waals surface area contributed by atoms with Gasteiger partial charge in [0.15, 0.2) is 15.7 Å². The van der Waals surface area contributed by atoms with Crippen LogP contribution in [0.5, 0.6) is 0 Å². The Labute approximate surface area is 81.8 Å². The van der Waals surface area contributed by atoms with Crippen LogP contribution in [-0.2, 0) is 22.0 Å². The molecule has 1 rings (SSSR count). The van der Waals surface area contributed by atoms with Crippen molar-refractivity contribution in [1.29, 1.82) is 0 Å². The van der Waals surface area contributed by atoms with Gasteiger partial charge in [0.1, 0.15) is 11.5 Å². The van der Waals surface area contributed by atoms with E-state index in [1.165, 1.54) is 6.20 Å². The summed E-state index contributed by atoms with van der Waals surface area (Å²) in [4.78, 5) is 3.87. The lowest BCUT2D eigenvalue weighted by Crippen LogP contribution is -1.99. The molecular weight excluding hydrogens is 214 g/mol. The summed E-state index contributed by atoms with van der Waals surface area (Å²) in [7, 11) is -3.05. The quantitative estimate of drug-likeness (QED) is 0.715. The zero-order valence-corrected chi connectivity index (χ0v) is 8.73. The number of halogens is 1. The van der Waals surface area contributed by atoms with E-state index in [1.54, 1.807) is 0 Å². The Morgan fingerprint density at radius 3 is 2.85 bits per heavy atom. The highest BCUT2D eigenvalue weighted by atomic mass is 35.5. The highest BCUT2D eigenvalue weighted by Gasteiger charge is 2.09. The minimum Gasteiger partial charge on any atom is -0.445 e. The standard InChI is InChI=1S/C7H10ClNO3S/c1-13(10,11)5-6-4-9-7(12-6)2-3-8/h4H,2-3,5H2,1H3. The molecule has 0 N–H and O–H groups in total. The highest BCUT2D eigenvalue weighted by molar-refractivity contribution is 7.89. The van der Waals surface area contributed by atoms with Gasteiger partial charge in [-0.05, 0) is 0 Å². The molecular formula is C7H10ClNO3S. The molecule has 4 nitrogen and oxygen atoms in total. The maximum Gasteiger partial charge on any atom is 0.195 e. The smallest absolute Gasteiger partial charge is 0.195 e. The molecule has 13 heavy (non-hydrogen) atoms. The van der Waals surface area contributed by atoms with E-state index < -0.39 is 9.84 Å². The van der Waals surface area contributed by atoms with E-state index >= 15 is 0 Å². The van der Waals surface area contributed by atoms with Gasteiger partial charge in [-0.15, -0.1) is 11.6 Å². The average molecular weight is 224 g/mol. The van der Waals surface area contributed by atoms with Gasteiger partial charge in [0.05, 0.1) is 6.20 Å². The van der Waals surface area contributed by atoms with E-state index in [0.29, 0.717) is 24.0 Å². The van der Waals surface area contributed by atoms with Crippen molar-refractivity contribution >= 4 is 21.4 Å². The van der Waals surface area contributed by atoms with Gasteiger partial charge in [-0.25, -0.2) is 13.4 Å². The van der Waals surface area contributed by atoms with Gasteiger partial charge in [-0.2, -0.15) is 0 Å². The second kappa shape index (κ2) is 4.11. The first-order chi connectivity index (χ1) is 6.01. The van der Waals surface area contributed by atoms with Gasteiger partial charge >= 0.3 is 0 Å². The SMILES string of the molecule is CS(=O)(=O)Cc1cnc(CCCl)o1. The van der Waals surface area contributed by atoms with Crippen LogP contribution < -0.4 is 0 Å². The number of nitrogens with zero attached hydrogens (tertiary/aromatic N) is 1. The highest BCUT2D eigenvalue weighted by Crippen LogP contribution is 2.08. The molecule has 0 atom stereocenters. The number of alkyl halides is 1. The summed E-state index contributed by atoms with van der Waals surface area (Å²) in [6.45, 7) is 0. The third-order valence-electron chi connectivity index (χ3n) is 1.31. The van der Waals surface area contributed by atoms with Gasteiger partial charge in [-0.3, -0.25) is 0 Å². The minimum absolute atomic E-state index is 0.109. The molecule has 74 valence electrons. The van der Waals surface area contributed by atoms with E-state index in [0.717, 1.165) is 6.26 Å². The molecule has 0 aromatic carbocycles. The Morgan fingerprint density at radius 1 is 1.62 bits per heavy atom. The Balaban J connectivity index is 2.69. The summed E-state index contributed by atoms with van der Waals surface area (Å²) in [6.07, 6.45) is 3.09. The fourth-order valence-electron chi connectivity index (χ4n) is 0.870. The number of oxazole rings is 1. The molecule has 6 heteroatoms. The van der Waals surface area contributed by atoms with E-state index in [9.17, 15) is 8.42 Å². The van der Waals surface area contributed by atoms with Crippen molar-refractivity contribution in [1.82, 2.24) is 4.98 Å². The molecule has 0 aliphatic heterocycles. The lowest BCUT2D eigenvalue weighted by molar-refractivity contribution is 0.471. The van der Waals surface area contributed by atoms with Crippen LogP contribution >= 0.6 is 11.6 Å². The van der Waals surface area contributed by atoms with Gasteiger partial charge in [0, 0.05) is 18.6 Å². The molecule has 0 amide bonds. The summed E-state index contributed by atoms with van der Waals surface area (Å²) in [6, 6.07) is 0. The molecule has 0 saturated carbocycles. The van der Waals surface area contributed by atoms with Crippen LogP contribution in [0.1, 0.15) is 11.7 Å². The molecule has 0 aliphatic carbocycles. The van der Waals surface area contributed by atoms with Gasteiger partial charge in [0.2, 0.25) is 0 Å². The summed E-state index contributed by atoms with van der Waals surface area (Å²) in [5.41, 5.74) is 0. The average Bonchev–Trinajstić information content (AvgIpc) is 2.33. The Hall–Kier alpha value is -0.550. The summed E-state index contributed by atoms with van der Waals surface area (Å²) >= 11 is 5.46. The van der Waals surface area contributed by atoms with Crippen LogP contribution in [-0.4, -0.2) is 25.5 Å². The van der Waals surface area contributed by atoms with Crippen LogP contribution in [0, 0.1) is 0 Å². The van der Waals surface area contributed by atoms with E-state index in [-0.39, 0.29) is 5.75 Å². The van der Waals surface area contributed by atoms with Crippen molar-refractivity contribution in [2.24, 2.45) is 0 Å². The van der Waals surface area contributed by atoms with E-state index in [4.69, 9.17) is 16.0 Å². The molecule has 0 bridgehead atoms. The molecule has 0 spiro atoms. The second-order valence-corrected chi connectivity index (χ2v) is 5.25. The number of sulfone groups is 1. The van der Waals surface area contributed by atoms with Crippen molar-refractivity contribution in [3.8, 4) is 0 Å². The van der Waals surface area contributed by atoms with Crippen LogP contribution in [0.4, 0.5) is 0 Å². The van der Waals surface area contributed by atoms with E-state index in [2.05, 4.69) is 4.98 Å². The third-order valence-corrected chi connectivity index (χ3v) is 2.31. The van der Waals surface area contributed by atoms with Gasteiger partial charge < -0.3 is 4.42 Å². The Kier molecular flexibility index (Phi) is 3.33. The molecule has 0 fully saturated rings. The summed E-state index contributed by atoms with van der Waals surface area (Å²) < 4.78 is 26.8. The predicted octanol–water partition coefficient (Wildman–Crippen LogP) is 1.00. The first-order valence-electron chi connectivity index (χ1n) is 3.68. The van der Waals surface area contributed by atoms with Crippen molar-refractivity contribution < 1.29 is 12.8 Å². The topological polar surface area (TPSA) is 60.2 Å². The molecule has 0 aliphatic rings. The molecule has 0 radical (unpaired) electrons. The fraction of sp³-hybridized carbons (Fsp3) is 0.571. The Bertz CT molecular complexity index is 371. The molecule has 0 saturated heterocycles. The van der Waals surface area contributed by atoms with Gasteiger partial charge in [0.25, 0.3) is 0 Å². The van der Waals surface area contributed by atoms with E-state index in [1.807, 2.05) is 0 Å². The largest absolute Gasteiger partial charge is 0.445 e. The lowest BCUT2D eigenvalue weighted by Gasteiger charge is -1.92. The van der Waals surface area contributed by atoms with Gasteiger partial charge in [-0.1, -0.05) is 0 Å². The zero-order chi connectivity index (χ0) is 9.90. The van der Waals surface area contributed by atoms with Crippen molar-refractivity contribution in [2.45, 2.75) is 12.2 Å². The predicted molar refractivity (Wildman–Crippen MR) is 49.5 cm³/mol. The van der Waals surface area contributed by atoms with Crippen LogP contribution in [0.3, 0.4) is 0 Å². The monoisotopic (exact) mass is 223 g/mol. The molecule has 1 aromatic heterocycles. The lowest BCUT2D eigenvalue weighted by atomic mass is 10.5. The third kappa shape index (κ3) is 3.78. The minimum atomic E-state index is -3.05. The van der Waals surface area contributed by atoms with Crippen molar-refractivity contribution in [3.63, 3.8) is 0 Å². The summed E-state index contributed by atoms with van der Waals surface area (Å²) in [5.74, 6) is 1.15. The fourth-order valence-corrected chi connectivity index (χ4v) is 1.68. The first kappa shape index (κ1) is 10.5. The Morgan fingerprint density at radius 2 is 2.31 bits per heavy atom. The van der Waals surface area contributed by atoms with Crippen LogP contribution in [0.2, 0.25) is 0 Å². The number of hydrogen-bond acceptors (Lipinski definition) is 4. The number of hydrogen-bond donors (Lipinski definition) is 0. The number of rotatable bonds is 4. The van der Waals surface area contributed by atoms with Crippen molar-refractivity contribution in [2.75, 3.05) is 12.1 Å². The number of aromatic nitrogens is 1. The second-order valence-electron chi connectivity index (χ2n) is 2.73. The van der Waals surface area contributed by atoms with Crippen molar-refractivity contribution in [3.05, 3.63) is 17.8 Å². The normalized spacial score (nSPS) is 11.8. The maximum atomic E-state index is 10.9. The number of aryl methyl sites for hydroxylation is 1. The summed E-state index contributed by atoms with van der Waals surface area (Å²) in [5, 5.41) is 0. The van der Waals surface area contributed by atoms with Crippen LogP contribution in [0.25, 0.3) is 0 Å².